The molecule has 1 aliphatic heterocycles. The molecule has 1 fully saturated rings. The molecule has 0 aliphatic carbocycles. The first-order chi connectivity index (χ1) is 12.9. The van der Waals surface area contributed by atoms with Crippen LogP contribution in [0.25, 0.3) is 0 Å². The van der Waals surface area contributed by atoms with E-state index in [1.165, 1.54) is 7.11 Å². The Morgan fingerprint density at radius 3 is 2.26 bits per heavy atom. The number of amides is 5. The summed E-state index contributed by atoms with van der Waals surface area (Å²) >= 11 is 0. The van der Waals surface area contributed by atoms with Crippen LogP contribution < -0.4 is 5.32 Å². The Morgan fingerprint density at radius 1 is 1.04 bits per heavy atom. The summed E-state index contributed by atoms with van der Waals surface area (Å²) in [6.07, 6.45) is 1.35. The van der Waals surface area contributed by atoms with Gasteiger partial charge >= 0.3 is 23.8 Å². The molecule has 2 rings (SSSR count). The molecule has 0 atom stereocenters. The van der Waals surface area contributed by atoms with Crippen molar-refractivity contribution in [2.24, 2.45) is 0 Å². The van der Waals surface area contributed by atoms with Crippen LogP contribution in [0, 0.1) is 0 Å². The smallest absolute Gasteiger partial charge is 0.337 e. The summed E-state index contributed by atoms with van der Waals surface area (Å²) in [5.74, 6) is -2.93. The monoisotopic (exact) mass is 375 g/mol. The maximum atomic E-state index is 12.2. The SMILES string of the molecule is CCCCN1C(=O)C(=O)N(CC(=O)NCc2ccc(C(=O)OC)cc2)C1=O. The van der Waals surface area contributed by atoms with E-state index in [0.717, 1.165) is 16.9 Å². The van der Waals surface area contributed by atoms with Gasteiger partial charge in [-0.05, 0) is 24.1 Å². The number of nitrogens with one attached hydrogen (secondary N) is 1. The number of benzene rings is 1. The number of hydrogen-bond acceptors (Lipinski definition) is 6. The van der Waals surface area contributed by atoms with E-state index >= 15 is 0 Å². The Kier molecular flexibility index (Phi) is 6.64. The highest BCUT2D eigenvalue weighted by Gasteiger charge is 2.44. The van der Waals surface area contributed by atoms with Crippen molar-refractivity contribution in [2.75, 3.05) is 20.2 Å². The first-order valence-corrected chi connectivity index (χ1v) is 8.50. The van der Waals surface area contributed by atoms with Crippen molar-refractivity contribution in [3.8, 4) is 0 Å². The molecule has 0 aromatic heterocycles. The highest BCUT2D eigenvalue weighted by Crippen LogP contribution is 2.13. The van der Waals surface area contributed by atoms with Gasteiger partial charge in [0.1, 0.15) is 6.54 Å². The number of esters is 1. The van der Waals surface area contributed by atoms with E-state index in [9.17, 15) is 24.0 Å². The minimum absolute atomic E-state index is 0.143. The van der Waals surface area contributed by atoms with Crippen molar-refractivity contribution in [3.05, 3.63) is 35.4 Å². The lowest BCUT2D eigenvalue weighted by atomic mass is 10.1. The molecule has 0 saturated carbocycles. The largest absolute Gasteiger partial charge is 0.465 e. The number of imide groups is 2. The van der Waals surface area contributed by atoms with Gasteiger partial charge in [0.15, 0.2) is 0 Å². The van der Waals surface area contributed by atoms with E-state index in [4.69, 9.17) is 0 Å². The topological polar surface area (TPSA) is 113 Å². The molecular formula is C18H21N3O6. The van der Waals surface area contributed by atoms with Crippen LogP contribution in [0.3, 0.4) is 0 Å². The molecule has 0 spiro atoms. The van der Waals surface area contributed by atoms with Crippen LogP contribution in [0.2, 0.25) is 0 Å². The van der Waals surface area contributed by atoms with Crippen molar-refractivity contribution in [1.29, 1.82) is 0 Å². The van der Waals surface area contributed by atoms with Crippen molar-refractivity contribution in [3.63, 3.8) is 0 Å². The zero-order valence-corrected chi connectivity index (χ0v) is 15.2. The first-order valence-electron chi connectivity index (χ1n) is 8.50. The molecule has 144 valence electrons. The van der Waals surface area contributed by atoms with Crippen molar-refractivity contribution in [2.45, 2.75) is 26.3 Å². The summed E-state index contributed by atoms with van der Waals surface area (Å²) < 4.78 is 4.60. The molecule has 1 saturated heterocycles. The van der Waals surface area contributed by atoms with Gasteiger partial charge in [-0.2, -0.15) is 0 Å². The zero-order chi connectivity index (χ0) is 20.0. The Labute approximate surface area is 156 Å². The van der Waals surface area contributed by atoms with E-state index < -0.39 is 36.3 Å². The lowest BCUT2D eigenvalue weighted by Gasteiger charge is -2.15. The summed E-state index contributed by atoms with van der Waals surface area (Å²) in [7, 11) is 1.28. The highest BCUT2D eigenvalue weighted by atomic mass is 16.5. The first kappa shape index (κ1) is 20.1. The van der Waals surface area contributed by atoms with Crippen LogP contribution in [-0.2, 0) is 25.7 Å². The molecule has 1 aromatic rings. The van der Waals surface area contributed by atoms with Crippen molar-refractivity contribution < 1.29 is 28.7 Å². The summed E-state index contributed by atoms with van der Waals surface area (Å²) in [4.78, 5) is 60.9. The maximum Gasteiger partial charge on any atom is 0.337 e. The van der Waals surface area contributed by atoms with Gasteiger partial charge in [-0.15, -0.1) is 0 Å². The number of unbranched alkanes of at least 4 members (excludes halogenated alkanes) is 1. The number of carbonyl (C=O) groups is 5. The second kappa shape index (κ2) is 8.93. The quantitative estimate of drug-likeness (QED) is 0.406. The lowest BCUT2D eigenvalue weighted by molar-refractivity contribution is -0.144. The molecule has 9 nitrogen and oxygen atoms in total. The van der Waals surface area contributed by atoms with E-state index in [1.807, 2.05) is 6.92 Å². The summed E-state index contributed by atoms with van der Waals surface area (Å²) in [6.45, 7) is 1.68. The summed E-state index contributed by atoms with van der Waals surface area (Å²) in [5, 5.41) is 2.57. The van der Waals surface area contributed by atoms with Crippen molar-refractivity contribution in [1.82, 2.24) is 15.1 Å². The third-order valence-electron chi connectivity index (χ3n) is 4.04. The second-order valence-electron chi connectivity index (χ2n) is 5.95. The van der Waals surface area contributed by atoms with Gasteiger partial charge < -0.3 is 10.1 Å². The van der Waals surface area contributed by atoms with Gasteiger partial charge in [-0.25, -0.2) is 14.5 Å². The number of carbonyl (C=O) groups excluding carboxylic acids is 5. The number of nitrogens with zero attached hydrogens (tertiary/aromatic N) is 2. The lowest BCUT2D eigenvalue weighted by Crippen LogP contribution is -2.41. The van der Waals surface area contributed by atoms with E-state index in [1.54, 1.807) is 24.3 Å². The minimum Gasteiger partial charge on any atom is -0.465 e. The van der Waals surface area contributed by atoms with Crippen LogP contribution in [0.1, 0.15) is 35.7 Å². The van der Waals surface area contributed by atoms with Crippen LogP contribution in [0.5, 0.6) is 0 Å². The third kappa shape index (κ3) is 4.69. The summed E-state index contributed by atoms with van der Waals surface area (Å²) in [5.41, 5.74) is 1.10. The van der Waals surface area contributed by atoms with Crippen LogP contribution in [-0.4, -0.2) is 59.7 Å². The number of methoxy groups -OCH3 is 1. The third-order valence-corrected chi connectivity index (χ3v) is 4.04. The average molecular weight is 375 g/mol. The van der Waals surface area contributed by atoms with E-state index in [-0.39, 0.29) is 13.1 Å². The van der Waals surface area contributed by atoms with Gasteiger partial charge in [0.05, 0.1) is 12.7 Å². The molecule has 5 amide bonds. The maximum absolute atomic E-state index is 12.2. The van der Waals surface area contributed by atoms with Crippen LogP contribution >= 0.6 is 0 Å². The molecule has 27 heavy (non-hydrogen) atoms. The Balaban J connectivity index is 1.90. The van der Waals surface area contributed by atoms with Crippen LogP contribution in [0.15, 0.2) is 24.3 Å². The predicted octanol–water partition coefficient (Wildman–Crippen LogP) is 0.680. The molecule has 1 heterocycles. The Morgan fingerprint density at radius 2 is 1.67 bits per heavy atom. The fourth-order valence-corrected chi connectivity index (χ4v) is 2.48. The normalized spacial score (nSPS) is 13.9. The zero-order valence-electron chi connectivity index (χ0n) is 15.2. The van der Waals surface area contributed by atoms with Crippen LogP contribution in [0.4, 0.5) is 4.79 Å². The molecule has 9 heteroatoms. The number of urea groups is 1. The molecule has 1 aliphatic rings. The molecule has 0 unspecified atom stereocenters. The van der Waals surface area contributed by atoms with Gasteiger partial charge in [0, 0.05) is 13.1 Å². The summed E-state index contributed by atoms with van der Waals surface area (Å²) in [6, 6.07) is 5.65. The van der Waals surface area contributed by atoms with Gasteiger partial charge in [0.2, 0.25) is 5.91 Å². The predicted molar refractivity (Wildman–Crippen MR) is 93.4 cm³/mol. The molecule has 0 radical (unpaired) electrons. The number of rotatable bonds is 8. The second-order valence-corrected chi connectivity index (χ2v) is 5.95. The Bertz CT molecular complexity index is 759. The van der Waals surface area contributed by atoms with E-state index in [0.29, 0.717) is 16.9 Å². The molecular weight excluding hydrogens is 354 g/mol. The van der Waals surface area contributed by atoms with Crippen molar-refractivity contribution >= 4 is 29.7 Å². The molecule has 0 bridgehead atoms. The number of hydrogen-bond donors (Lipinski definition) is 1. The molecule has 1 aromatic carbocycles. The van der Waals surface area contributed by atoms with Gasteiger partial charge in [-0.3, -0.25) is 19.3 Å². The van der Waals surface area contributed by atoms with E-state index in [2.05, 4.69) is 10.1 Å². The molecule has 1 N–H and O–H groups in total. The fraction of sp³-hybridized carbons (Fsp3) is 0.389. The highest BCUT2D eigenvalue weighted by molar-refractivity contribution is 6.45. The van der Waals surface area contributed by atoms with Gasteiger partial charge in [-0.1, -0.05) is 25.5 Å². The van der Waals surface area contributed by atoms with Gasteiger partial charge in [0.25, 0.3) is 0 Å². The fourth-order valence-electron chi connectivity index (χ4n) is 2.48. The average Bonchev–Trinajstić information content (AvgIpc) is 2.88. The minimum atomic E-state index is -0.992. The number of ether oxygens (including phenoxy) is 1. The Hall–Kier alpha value is -3.23. The standard InChI is InChI=1S/C18H21N3O6/c1-3-4-9-20-15(23)16(24)21(18(20)26)11-14(22)19-10-12-5-7-13(8-6-12)17(25)27-2/h5-8H,3-4,9-11H2,1-2H3,(H,19,22).